The summed E-state index contributed by atoms with van der Waals surface area (Å²) < 4.78 is 0. The highest BCUT2D eigenvalue weighted by Crippen LogP contribution is 2.20. The van der Waals surface area contributed by atoms with Gasteiger partial charge >= 0.3 is 5.69 Å². The molecule has 0 fully saturated rings. The molecule has 0 aliphatic rings. The summed E-state index contributed by atoms with van der Waals surface area (Å²) in [6, 6.07) is 12.6. The number of rotatable bonds is 2. The van der Waals surface area contributed by atoms with Crippen LogP contribution < -0.4 is 11.0 Å². The molecule has 1 amide bonds. The maximum atomic E-state index is 12.5. The Kier molecular flexibility index (Phi) is 2.62. The van der Waals surface area contributed by atoms with E-state index >= 15 is 0 Å². The van der Waals surface area contributed by atoms with E-state index in [1.54, 1.807) is 30.5 Å². The third-order valence-electron chi connectivity index (χ3n) is 3.61. The van der Waals surface area contributed by atoms with Crippen LogP contribution in [0.15, 0.2) is 53.5 Å². The lowest BCUT2D eigenvalue weighted by atomic mass is 10.1. The average molecular weight is 292 g/mol. The van der Waals surface area contributed by atoms with Gasteiger partial charge in [0.1, 0.15) is 0 Å². The number of aromatic amines is 3. The van der Waals surface area contributed by atoms with Gasteiger partial charge in [-0.05, 0) is 36.4 Å². The number of hydrogen-bond donors (Lipinski definition) is 4. The largest absolute Gasteiger partial charge is 0.361 e. The Morgan fingerprint density at radius 2 is 1.82 bits per heavy atom. The summed E-state index contributed by atoms with van der Waals surface area (Å²) in [5, 5.41) is 3.72. The topological polar surface area (TPSA) is 93.5 Å². The smallest absolute Gasteiger partial charge is 0.323 e. The van der Waals surface area contributed by atoms with E-state index in [9.17, 15) is 9.59 Å². The van der Waals surface area contributed by atoms with Gasteiger partial charge < -0.3 is 20.3 Å². The number of anilines is 1. The summed E-state index contributed by atoms with van der Waals surface area (Å²) in [5.41, 5.74) is 3.23. The Balaban J connectivity index is 1.70. The Bertz CT molecular complexity index is 1050. The summed E-state index contributed by atoms with van der Waals surface area (Å²) >= 11 is 0. The van der Waals surface area contributed by atoms with Crippen LogP contribution in [0.2, 0.25) is 0 Å². The highest BCUT2D eigenvalue weighted by Gasteiger charge is 2.11. The molecule has 22 heavy (non-hydrogen) atoms. The van der Waals surface area contributed by atoms with E-state index in [1.807, 2.05) is 18.2 Å². The van der Waals surface area contributed by atoms with Crippen LogP contribution in [0, 0.1) is 0 Å². The second-order valence-corrected chi connectivity index (χ2v) is 5.04. The molecule has 2 heterocycles. The Hall–Kier alpha value is -3.28. The first kappa shape index (κ1) is 12.5. The number of fused-ring (bicyclic) bond motifs is 2. The van der Waals surface area contributed by atoms with E-state index in [0.717, 1.165) is 10.9 Å². The number of imidazole rings is 1. The predicted molar refractivity (Wildman–Crippen MR) is 85.2 cm³/mol. The highest BCUT2D eigenvalue weighted by molar-refractivity contribution is 6.12. The fourth-order valence-electron chi connectivity index (χ4n) is 2.59. The lowest BCUT2D eigenvalue weighted by Gasteiger charge is -2.06. The van der Waals surface area contributed by atoms with Crippen molar-refractivity contribution in [2.45, 2.75) is 0 Å². The van der Waals surface area contributed by atoms with Gasteiger partial charge in [0.25, 0.3) is 5.91 Å². The van der Waals surface area contributed by atoms with Crippen LogP contribution in [0.3, 0.4) is 0 Å². The molecule has 0 aliphatic heterocycles. The fraction of sp³-hybridized carbons (Fsp3) is 0. The zero-order chi connectivity index (χ0) is 15.1. The Labute approximate surface area is 124 Å². The molecule has 0 spiro atoms. The van der Waals surface area contributed by atoms with Crippen LogP contribution in [0.1, 0.15) is 10.4 Å². The van der Waals surface area contributed by atoms with Crippen molar-refractivity contribution < 1.29 is 4.79 Å². The average Bonchev–Trinajstić information content (AvgIpc) is 3.11. The summed E-state index contributed by atoms with van der Waals surface area (Å²) in [5.74, 6) is -0.192. The van der Waals surface area contributed by atoms with Gasteiger partial charge in [-0.2, -0.15) is 0 Å². The van der Waals surface area contributed by atoms with Crippen molar-refractivity contribution in [3.05, 3.63) is 64.7 Å². The molecule has 4 N–H and O–H groups in total. The van der Waals surface area contributed by atoms with Gasteiger partial charge in [0, 0.05) is 28.4 Å². The van der Waals surface area contributed by atoms with Crippen LogP contribution in [0.5, 0.6) is 0 Å². The molecule has 0 unspecified atom stereocenters. The number of H-pyrrole nitrogens is 3. The van der Waals surface area contributed by atoms with Crippen molar-refractivity contribution in [2.24, 2.45) is 0 Å². The number of benzene rings is 2. The first-order chi connectivity index (χ1) is 10.7. The van der Waals surface area contributed by atoms with Gasteiger partial charge in [0.05, 0.1) is 11.0 Å². The van der Waals surface area contributed by atoms with Gasteiger partial charge in [0.2, 0.25) is 0 Å². The molecule has 108 valence electrons. The van der Waals surface area contributed by atoms with Crippen molar-refractivity contribution in [1.29, 1.82) is 0 Å². The minimum absolute atomic E-state index is 0.192. The molecule has 0 radical (unpaired) electrons. The van der Waals surface area contributed by atoms with E-state index in [0.29, 0.717) is 22.3 Å². The third kappa shape index (κ3) is 1.98. The normalized spacial score (nSPS) is 11.1. The lowest BCUT2D eigenvalue weighted by Crippen LogP contribution is -2.12. The number of aromatic nitrogens is 3. The molecule has 6 heteroatoms. The van der Waals surface area contributed by atoms with Gasteiger partial charge in [-0.3, -0.25) is 4.79 Å². The quantitative estimate of drug-likeness (QED) is 0.457. The first-order valence-electron chi connectivity index (χ1n) is 6.80. The van der Waals surface area contributed by atoms with Gasteiger partial charge in [-0.1, -0.05) is 6.07 Å². The number of amides is 1. The molecule has 2 aromatic heterocycles. The van der Waals surface area contributed by atoms with Crippen LogP contribution in [0.4, 0.5) is 5.69 Å². The molecule has 0 atom stereocenters. The fourth-order valence-corrected chi connectivity index (χ4v) is 2.59. The molecular weight excluding hydrogens is 280 g/mol. The van der Waals surface area contributed by atoms with Gasteiger partial charge in [-0.25, -0.2) is 4.79 Å². The SMILES string of the molecule is O=C(Nc1ccc2[nH]c(=O)[nH]c2c1)c1cccc2[nH]ccc12. The summed E-state index contributed by atoms with van der Waals surface area (Å²) in [6.07, 6.45) is 1.80. The minimum atomic E-state index is -0.268. The van der Waals surface area contributed by atoms with E-state index in [-0.39, 0.29) is 11.6 Å². The molecule has 0 aliphatic carbocycles. The lowest BCUT2D eigenvalue weighted by molar-refractivity contribution is 0.102. The molecule has 0 saturated carbocycles. The third-order valence-corrected chi connectivity index (χ3v) is 3.61. The minimum Gasteiger partial charge on any atom is -0.361 e. The molecule has 0 saturated heterocycles. The molecular formula is C16H12N4O2. The number of carbonyl (C=O) groups excluding carboxylic acids is 1. The summed E-state index contributed by atoms with van der Waals surface area (Å²) in [4.78, 5) is 32.1. The second kappa shape index (κ2) is 4.63. The van der Waals surface area contributed by atoms with Crippen molar-refractivity contribution >= 4 is 33.5 Å². The van der Waals surface area contributed by atoms with E-state index in [4.69, 9.17) is 0 Å². The van der Waals surface area contributed by atoms with Crippen LogP contribution in [-0.2, 0) is 0 Å². The maximum absolute atomic E-state index is 12.5. The van der Waals surface area contributed by atoms with Crippen molar-refractivity contribution in [1.82, 2.24) is 15.0 Å². The zero-order valence-electron chi connectivity index (χ0n) is 11.4. The standard InChI is InChI=1S/C16H12N4O2/c21-15(11-2-1-3-12-10(11)6-7-17-12)18-9-4-5-13-14(8-9)20-16(22)19-13/h1-8,17H,(H,18,21)(H2,19,20,22). The number of carbonyl (C=O) groups is 1. The molecule has 6 nitrogen and oxygen atoms in total. The maximum Gasteiger partial charge on any atom is 0.323 e. The number of nitrogens with one attached hydrogen (secondary N) is 4. The number of hydrogen-bond acceptors (Lipinski definition) is 2. The van der Waals surface area contributed by atoms with Gasteiger partial charge in [0.15, 0.2) is 0 Å². The zero-order valence-corrected chi connectivity index (χ0v) is 11.4. The monoisotopic (exact) mass is 292 g/mol. The first-order valence-corrected chi connectivity index (χ1v) is 6.80. The molecule has 4 rings (SSSR count). The summed E-state index contributed by atoms with van der Waals surface area (Å²) in [7, 11) is 0. The van der Waals surface area contributed by atoms with E-state index < -0.39 is 0 Å². The molecule has 4 aromatic rings. The van der Waals surface area contributed by atoms with E-state index in [1.165, 1.54) is 0 Å². The Morgan fingerprint density at radius 1 is 0.955 bits per heavy atom. The molecule has 0 bridgehead atoms. The predicted octanol–water partition coefficient (Wildman–Crippen LogP) is 2.59. The van der Waals surface area contributed by atoms with E-state index in [2.05, 4.69) is 20.3 Å². The van der Waals surface area contributed by atoms with Gasteiger partial charge in [-0.15, -0.1) is 0 Å². The van der Waals surface area contributed by atoms with Crippen molar-refractivity contribution in [2.75, 3.05) is 5.32 Å². The molecule has 2 aromatic carbocycles. The Morgan fingerprint density at radius 3 is 2.73 bits per heavy atom. The van der Waals surface area contributed by atoms with Crippen LogP contribution in [-0.4, -0.2) is 20.9 Å². The van der Waals surface area contributed by atoms with Crippen molar-refractivity contribution in [3.63, 3.8) is 0 Å². The second-order valence-electron chi connectivity index (χ2n) is 5.04. The van der Waals surface area contributed by atoms with Crippen LogP contribution >= 0.6 is 0 Å². The van der Waals surface area contributed by atoms with Crippen LogP contribution in [0.25, 0.3) is 21.9 Å². The van der Waals surface area contributed by atoms with Crippen molar-refractivity contribution in [3.8, 4) is 0 Å². The highest BCUT2D eigenvalue weighted by atomic mass is 16.2. The summed E-state index contributed by atoms with van der Waals surface area (Å²) in [6.45, 7) is 0.